The highest BCUT2D eigenvalue weighted by atomic mass is 16.3. The van der Waals surface area contributed by atoms with Gasteiger partial charge in [0.1, 0.15) is 16.7 Å². The topological polar surface area (TPSA) is 42.4 Å². The van der Waals surface area contributed by atoms with Crippen molar-refractivity contribution in [2.75, 3.05) is 4.90 Å². The number of benzene rings is 8. The molecule has 4 heteroatoms. The van der Waals surface area contributed by atoms with Gasteiger partial charge in [0.2, 0.25) is 5.89 Å². The van der Waals surface area contributed by atoms with Crippen LogP contribution >= 0.6 is 0 Å². The number of nitrogens with zero attached hydrogens (tertiary/aromatic N) is 2. The molecule has 4 nitrogen and oxygen atoms in total. The van der Waals surface area contributed by atoms with Gasteiger partial charge in [0.15, 0.2) is 5.58 Å². The van der Waals surface area contributed by atoms with Crippen LogP contribution in [0.2, 0.25) is 0 Å². The van der Waals surface area contributed by atoms with Gasteiger partial charge < -0.3 is 13.7 Å². The Morgan fingerprint density at radius 3 is 1.76 bits per heavy atom. The van der Waals surface area contributed by atoms with Crippen LogP contribution in [0.25, 0.3) is 77.5 Å². The zero-order valence-electron chi connectivity index (χ0n) is 27.5. The molecule has 0 spiro atoms. The zero-order chi connectivity index (χ0) is 33.7. The summed E-state index contributed by atoms with van der Waals surface area (Å²) in [5, 5.41) is 4.45. The van der Waals surface area contributed by atoms with Crippen molar-refractivity contribution in [1.29, 1.82) is 0 Å². The van der Waals surface area contributed by atoms with Gasteiger partial charge in [0.05, 0.1) is 0 Å². The van der Waals surface area contributed by atoms with E-state index in [1.165, 1.54) is 16.5 Å². The van der Waals surface area contributed by atoms with E-state index in [-0.39, 0.29) is 0 Å². The van der Waals surface area contributed by atoms with Crippen molar-refractivity contribution in [3.8, 4) is 33.7 Å². The Morgan fingerprint density at radius 1 is 0.392 bits per heavy atom. The van der Waals surface area contributed by atoms with E-state index in [2.05, 4.69) is 150 Å². The molecular weight excluding hydrogens is 625 g/mol. The van der Waals surface area contributed by atoms with E-state index in [9.17, 15) is 0 Å². The maximum absolute atomic E-state index is 6.77. The zero-order valence-corrected chi connectivity index (χ0v) is 27.5. The maximum atomic E-state index is 6.77. The normalized spacial score (nSPS) is 11.5. The molecule has 0 saturated carbocycles. The van der Waals surface area contributed by atoms with E-state index in [1.807, 2.05) is 36.4 Å². The molecule has 240 valence electrons. The molecule has 0 fully saturated rings. The molecule has 8 aromatic carbocycles. The number of hydrogen-bond acceptors (Lipinski definition) is 4. The van der Waals surface area contributed by atoms with Crippen LogP contribution in [-0.4, -0.2) is 4.98 Å². The second-order valence-corrected chi connectivity index (χ2v) is 12.8. The van der Waals surface area contributed by atoms with Gasteiger partial charge in [-0.1, -0.05) is 109 Å². The van der Waals surface area contributed by atoms with Crippen molar-refractivity contribution < 1.29 is 8.83 Å². The quantitative estimate of drug-likeness (QED) is 0.179. The summed E-state index contributed by atoms with van der Waals surface area (Å²) in [7, 11) is 0. The third-order valence-electron chi connectivity index (χ3n) is 9.69. The van der Waals surface area contributed by atoms with E-state index in [0.29, 0.717) is 5.89 Å². The lowest BCUT2D eigenvalue weighted by molar-refractivity contribution is 0.619. The molecule has 2 aromatic heterocycles. The lowest BCUT2D eigenvalue weighted by Crippen LogP contribution is -2.09. The van der Waals surface area contributed by atoms with Crippen LogP contribution in [0.3, 0.4) is 0 Å². The SMILES string of the molecule is c1ccc(-c2ccc(N(c3ccccc3)c3ccc(-c4c5ccccc5cc5c4oc4cc(-c6nc7ccccc7o6)ccc45)cc3)cc2)cc1. The molecule has 0 bridgehead atoms. The number of rotatable bonds is 6. The average molecular weight is 655 g/mol. The Labute approximate surface area is 294 Å². The molecular formula is C47H30N2O2. The Morgan fingerprint density at radius 2 is 1.00 bits per heavy atom. The van der Waals surface area contributed by atoms with Crippen molar-refractivity contribution in [1.82, 2.24) is 4.98 Å². The van der Waals surface area contributed by atoms with Crippen LogP contribution in [0.5, 0.6) is 0 Å². The lowest BCUT2D eigenvalue weighted by Gasteiger charge is -2.26. The van der Waals surface area contributed by atoms with Crippen molar-refractivity contribution in [2.45, 2.75) is 0 Å². The predicted octanol–water partition coefficient (Wildman–Crippen LogP) is 13.4. The first-order valence-electron chi connectivity index (χ1n) is 17.1. The fourth-order valence-corrected chi connectivity index (χ4v) is 7.22. The summed E-state index contributed by atoms with van der Waals surface area (Å²) in [6.45, 7) is 0. The minimum absolute atomic E-state index is 0.581. The average Bonchev–Trinajstić information content (AvgIpc) is 3.80. The number of furan rings is 1. The van der Waals surface area contributed by atoms with E-state index in [0.717, 1.165) is 72.2 Å². The van der Waals surface area contributed by atoms with Gasteiger partial charge in [-0.15, -0.1) is 0 Å². The van der Waals surface area contributed by atoms with Gasteiger partial charge in [-0.05, 0) is 100 Å². The molecule has 0 aliphatic rings. The standard InChI is InChI=1S/C47H30N2O2/c1-3-11-31(12-4-1)32-19-24-37(25-20-32)49(36-14-5-2-6-15-36)38-26-21-33(22-27-38)45-39-16-8-7-13-34(39)29-41-40-28-23-35(30-44(40)50-46(41)45)47-48-42-17-9-10-18-43(42)51-47/h1-30H. The van der Waals surface area contributed by atoms with Gasteiger partial charge in [0, 0.05) is 39.0 Å². The third-order valence-corrected chi connectivity index (χ3v) is 9.69. The Balaban J connectivity index is 1.09. The van der Waals surface area contributed by atoms with Crippen LogP contribution in [0, 0.1) is 0 Å². The molecule has 0 radical (unpaired) electrons. The number of hydrogen-bond donors (Lipinski definition) is 0. The first kappa shape index (κ1) is 29.0. The van der Waals surface area contributed by atoms with Crippen molar-refractivity contribution in [3.05, 3.63) is 182 Å². The summed E-state index contributed by atoms with van der Waals surface area (Å²) in [4.78, 5) is 7.02. The van der Waals surface area contributed by atoms with Gasteiger partial charge >= 0.3 is 0 Å². The molecule has 0 saturated heterocycles. The minimum atomic E-state index is 0.581. The summed E-state index contributed by atoms with van der Waals surface area (Å²) in [6.07, 6.45) is 0. The maximum Gasteiger partial charge on any atom is 0.227 e. The molecule has 0 N–H and O–H groups in total. The molecule has 10 rings (SSSR count). The van der Waals surface area contributed by atoms with Crippen LogP contribution in [-0.2, 0) is 0 Å². The van der Waals surface area contributed by atoms with E-state index < -0.39 is 0 Å². The van der Waals surface area contributed by atoms with Gasteiger partial charge in [0.25, 0.3) is 0 Å². The van der Waals surface area contributed by atoms with Crippen LogP contribution in [0.15, 0.2) is 191 Å². The molecule has 0 atom stereocenters. The first-order chi connectivity index (χ1) is 25.3. The van der Waals surface area contributed by atoms with Crippen LogP contribution < -0.4 is 4.90 Å². The number of para-hydroxylation sites is 3. The summed E-state index contributed by atoms with van der Waals surface area (Å²) in [6, 6.07) is 63.5. The number of aromatic nitrogens is 1. The molecule has 10 aromatic rings. The van der Waals surface area contributed by atoms with Crippen molar-refractivity contribution >= 4 is 60.9 Å². The fraction of sp³-hybridized carbons (Fsp3) is 0. The van der Waals surface area contributed by atoms with Gasteiger partial charge in [-0.25, -0.2) is 4.98 Å². The van der Waals surface area contributed by atoms with E-state index in [1.54, 1.807) is 0 Å². The number of oxazole rings is 1. The highest BCUT2D eigenvalue weighted by molar-refractivity contribution is 6.18. The lowest BCUT2D eigenvalue weighted by atomic mass is 9.95. The number of anilines is 3. The Hall–Kier alpha value is -6.91. The molecule has 0 aliphatic heterocycles. The molecule has 0 amide bonds. The Bertz CT molecular complexity index is 2800. The first-order valence-corrected chi connectivity index (χ1v) is 17.1. The van der Waals surface area contributed by atoms with Crippen LogP contribution in [0.4, 0.5) is 17.1 Å². The van der Waals surface area contributed by atoms with Gasteiger partial charge in [-0.2, -0.15) is 0 Å². The summed E-state index contributed by atoms with van der Waals surface area (Å²) < 4.78 is 12.9. The highest BCUT2D eigenvalue weighted by Gasteiger charge is 2.19. The van der Waals surface area contributed by atoms with Crippen molar-refractivity contribution in [3.63, 3.8) is 0 Å². The second kappa shape index (κ2) is 11.9. The summed E-state index contributed by atoms with van der Waals surface area (Å²) in [5.74, 6) is 0.581. The fourth-order valence-electron chi connectivity index (χ4n) is 7.22. The van der Waals surface area contributed by atoms with E-state index in [4.69, 9.17) is 13.8 Å². The van der Waals surface area contributed by atoms with Crippen molar-refractivity contribution in [2.24, 2.45) is 0 Å². The van der Waals surface area contributed by atoms with Gasteiger partial charge in [-0.3, -0.25) is 0 Å². The predicted molar refractivity (Wildman–Crippen MR) is 210 cm³/mol. The Kier molecular flexibility index (Phi) is 6.78. The smallest absolute Gasteiger partial charge is 0.227 e. The molecule has 2 heterocycles. The molecule has 0 aliphatic carbocycles. The van der Waals surface area contributed by atoms with E-state index >= 15 is 0 Å². The largest absolute Gasteiger partial charge is 0.455 e. The second-order valence-electron chi connectivity index (χ2n) is 12.8. The summed E-state index contributed by atoms with van der Waals surface area (Å²) in [5.41, 5.74) is 12.0. The summed E-state index contributed by atoms with van der Waals surface area (Å²) >= 11 is 0. The highest BCUT2D eigenvalue weighted by Crippen LogP contribution is 2.43. The third kappa shape index (κ3) is 5.04. The monoisotopic (exact) mass is 654 g/mol. The minimum Gasteiger partial charge on any atom is -0.455 e. The molecule has 51 heavy (non-hydrogen) atoms. The number of fused-ring (bicyclic) bond motifs is 5. The molecule has 0 unspecified atom stereocenters. The van der Waals surface area contributed by atoms with Crippen LogP contribution in [0.1, 0.15) is 0 Å².